The van der Waals surface area contributed by atoms with Crippen molar-refractivity contribution in [3.05, 3.63) is 95.6 Å². The van der Waals surface area contributed by atoms with E-state index in [1.54, 1.807) is 6.92 Å². The number of alkyl carbamates (subject to hydrolysis) is 1. The number of benzene rings is 3. The number of nitrogens with one attached hydrogen (secondary N) is 2. The zero-order valence-electron chi connectivity index (χ0n) is 24.5. The summed E-state index contributed by atoms with van der Waals surface area (Å²) in [6.45, 7) is 6.57. The minimum atomic E-state index is -1.15. The van der Waals surface area contributed by atoms with Crippen LogP contribution < -0.4 is 10.6 Å². The van der Waals surface area contributed by atoms with Crippen LogP contribution in [0, 0.1) is 5.41 Å². The highest BCUT2D eigenvalue weighted by molar-refractivity contribution is 5.84. The number of carbonyl (C=O) groups is 3. The highest BCUT2D eigenvalue weighted by Crippen LogP contribution is 2.44. The second-order valence-electron chi connectivity index (χ2n) is 11.6. The van der Waals surface area contributed by atoms with Gasteiger partial charge in [0, 0.05) is 18.9 Å². The third-order valence-electron chi connectivity index (χ3n) is 7.85. The molecule has 1 aliphatic rings. The Morgan fingerprint density at radius 1 is 0.881 bits per heavy atom. The topological polar surface area (TPSA) is 114 Å². The number of hydrogen-bond donors (Lipinski definition) is 3. The van der Waals surface area contributed by atoms with E-state index in [-0.39, 0.29) is 36.9 Å². The largest absolute Gasteiger partial charge is 0.480 e. The van der Waals surface area contributed by atoms with Crippen molar-refractivity contribution in [2.24, 2.45) is 5.41 Å². The molecule has 0 heterocycles. The molecule has 0 saturated carbocycles. The zero-order chi connectivity index (χ0) is 30.1. The lowest BCUT2D eigenvalue weighted by Crippen LogP contribution is -2.48. The Labute approximate surface area is 247 Å². The number of carboxylic acid groups (broad SMARTS) is 1. The van der Waals surface area contributed by atoms with Crippen molar-refractivity contribution in [2.75, 3.05) is 13.2 Å². The van der Waals surface area contributed by atoms with Crippen molar-refractivity contribution in [1.29, 1.82) is 0 Å². The van der Waals surface area contributed by atoms with Crippen LogP contribution in [0.1, 0.15) is 62.6 Å². The number of rotatable bonds is 14. The Balaban J connectivity index is 1.17. The summed E-state index contributed by atoms with van der Waals surface area (Å²) in [6, 6.07) is 24.7. The summed E-state index contributed by atoms with van der Waals surface area (Å²) in [6.07, 6.45) is 0.133. The van der Waals surface area contributed by atoms with E-state index in [4.69, 9.17) is 9.47 Å². The second-order valence-corrected chi connectivity index (χ2v) is 11.6. The van der Waals surface area contributed by atoms with Crippen LogP contribution in [0.5, 0.6) is 0 Å². The summed E-state index contributed by atoms with van der Waals surface area (Å²) < 4.78 is 11.3. The van der Waals surface area contributed by atoms with E-state index in [2.05, 4.69) is 34.9 Å². The summed E-state index contributed by atoms with van der Waals surface area (Å²) in [4.78, 5) is 36.9. The maximum atomic E-state index is 12.6. The molecule has 2 atom stereocenters. The molecule has 0 aromatic heterocycles. The standard InChI is InChI=1S/C34H40N2O6/c1-23(41-21-24-11-5-4-6-12-24)31(32(38)39)36-30(37)17-18-34(2,3)19-20-35-33(40)42-22-29-27-15-9-7-13-25(27)26-14-8-10-16-28(26)29/h4-16,23,29,31H,17-22H2,1-3H3,(H,35,40)(H,36,37)(H,38,39)/t23-,31+/m1/s1. The molecule has 0 saturated heterocycles. The van der Waals surface area contributed by atoms with Gasteiger partial charge in [-0.05, 0) is 53.0 Å². The SMILES string of the molecule is C[C@@H](OCc1ccccc1)[C@H](NC(=O)CCC(C)(C)CCNC(=O)OCC1c2ccccc2-c2ccccc21)C(=O)O. The van der Waals surface area contributed by atoms with E-state index < -0.39 is 24.2 Å². The number of fused-ring (bicyclic) bond motifs is 3. The van der Waals surface area contributed by atoms with Gasteiger partial charge in [-0.1, -0.05) is 92.7 Å². The Morgan fingerprint density at radius 2 is 1.48 bits per heavy atom. The van der Waals surface area contributed by atoms with E-state index in [0.717, 1.165) is 16.7 Å². The van der Waals surface area contributed by atoms with Crippen molar-refractivity contribution < 1.29 is 29.0 Å². The van der Waals surface area contributed by atoms with E-state index in [1.165, 1.54) is 11.1 Å². The molecule has 2 amide bonds. The molecule has 42 heavy (non-hydrogen) atoms. The summed E-state index contributed by atoms with van der Waals surface area (Å²) in [5.41, 5.74) is 5.34. The first kappa shape index (κ1) is 30.8. The van der Waals surface area contributed by atoms with Gasteiger partial charge in [-0.3, -0.25) is 4.79 Å². The Hall–Kier alpha value is -4.17. The molecule has 8 nitrogen and oxygen atoms in total. The number of hydrogen-bond acceptors (Lipinski definition) is 5. The minimum absolute atomic E-state index is 0.000751. The van der Waals surface area contributed by atoms with Gasteiger partial charge in [-0.25, -0.2) is 9.59 Å². The van der Waals surface area contributed by atoms with Crippen LogP contribution in [-0.4, -0.2) is 48.4 Å². The molecule has 3 aromatic rings. The molecule has 3 aromatic carbocycles. The summed E-state index contributed by atoms with van der Waals surface area (Å²) in [7, 11) is 0. The lowest BCUT2D eigenvalue weighted by molar-refractivity contribution is -0.146. The maximum absolute atomic E-state index is 12.6. The average Bonchev–Trinajstić information content (AvgIpc) is 3.30. The Bertz CT molecular complexity index is 1330. The third kappa shape index (κ3) is 8.19. The Morgan fingerprint density at radius 3 is 2.10 bits per heavy atom. The van der Waals surface area contributed by atoms with Gasteiger partial charge in [0.15, 0.2) is 6.04 Å². The lowest BCUT2D eigenvalue weighted by atomic mass is 9.84. The molecule has 0 spiro atoms. The fraction of sp³-hybridized carbons (Fsp3) is 0.382. The molecular weight excluding hydrogens is 532 g/mol. The molecule has 0 radical (unpaired) electrons. The van der Waals surface area contributed by atoms with Crippen LogP contribution >= 0.6 is 0 Å². The molecule has 222 valence electrons. The zero-order valence-corrected chi connectivity index (χ0v) is 24.5. The first-order chi connectivity index (χ1) is 20.1. The highest BCUT2D eigenvalue weighted by Gasteiger charge is 2.30. The van der Waals surface area contributed by atoms with Crippen LogP contribution in [-0.2, 0) is 25.7 Å². The van der Waals surface area contributed by atoms with Gasteiger partial charge < -0.3 is 25.2 Å². The van der Waals surface area contributed by atoms with Gasteiger partial charge >= 0.3 is 12.1 Å². The molecule has 0 fully saturated rings. The van der Waals surface area contributed by atoms with Crippen molar-refractivity contribution in [3.63, 3.8) is 0 Å². The van der Waals surface area contributed by atoms with Crippen LogP contribution in [0.25, 0.3) is 11.1 Å². The monoisotopic (exact) mass is 572 g/mol. The number of carbonyl (C=O) groups excluding carboxylic acids is 2. The fourth-order valence-electron chi connectivity index (χ4n) is 5.25. The summed E-state index contributed by atoms with van der Waals surface area (Å²) >= 11 is 0. The van der Waals surface area contributed by atoms with Crippen LogP contribution in [0.2, 0.25) is 0 Å². The average molecular weight is 573 g/mol. The number of ether oxygens (including phenoxy) is 2. The Kier molecular flexibility index (Phi) is 10.4. The van der Waals surface area contributed by atoms with E-state index in [1.807, 2.05) is 68.4 Å². The van der Waals surface area contributed by atoms with Gasteiger partial charge in [0.2, 0.25) is 5.91 Å². The predicted octanol–water partition coefficient (Wildman–Crippen LogP) is 5.90. The number of amides is 2. The molecular formula is C34H40N2O6. The summed E-state index contributed by atoms with van der Waals surface area (Å²) in [5.74, 6) is -1.50. The number of aliphatic carboxylic acids is 1. The van der Waals surface area contributed by atoms with E-state index in [9.17, 15) is 19.5 Å². The molecule has 1 aliphatic carbocycles. The quantitative estimate of drug-likeness (QED) is 0.222. The van der Waals surface area contributed by atoms with Crippen molar-refractivity contribution in [1.82, 2.24) is 10.6 Å². The molecule has 0 unspecified atom stereocenters. The van der Waals surface area contributed by atoms with Crippen molar-refractivity contribution >= 4 is 18.0 Å². The van der Waals surface area contributed by atoms with Crippen LogP contribution in [0.4, 0.5) is 4.79 Å². The van der Waals surface area contributed by atoms with Gasteiger partial charge in [-0.2, -0.15) is 0 Å². The van der Waals surface area contributed by atoms with E-state index >= 15 is 0 Å². The molecule has 3 N–H and O–H groups in total. The second kappa shape index (κ2) is 14.1. The van der Waals surface area contributed by atoms with Gasteiger partial charge in [-0.15, -0.1) is 0 Å². The minimum Gasteiger partial charge on any atom is -0.480 e. The van der Waals surface area contributed by atoms with Gasteiger partial charge in [0.1, 0.15) is 6.61 Å². The van der Waals surface area contributed by atoms with Gasteiger partial charge in [0.05, 0.1) is 12.7 Å². The molecule has 8 heteroatoms. The smallest absolute Gasteiger partial charge is 0.407 e. The van der Waals surface area contributed by atoms with Gasteiger partial charge in [0.25, 0.3) is 0 Å². The maximum Gasteiger partial charge on any atom is 0.407 e. The lowest BCUT2D eigenvalue weighted by Gasteiger charge is -2.26. The highest BCUT2D eigenvalue weighted by atomic mass is 16.5. The van der Waals surface area contributed by atoms with Crippen LogP contribution in [0.15, 0.2) is 78.9 Å². The van der Waals surface area contributed by atoms with Crippen LogP contribution in [0.3, 0.4) is 0 Å². The fourth-order valence-corrected chi connectivity index (χ4v) is 5.25. The first-order valence-corrected chi connectivity index (χ1v) is 14.4. The van der Waals surface area contributed by atoms with Crippen molar-refractivity contribution in [2.45, 2.75) is 64.7 Å². The van der Waals surface area contributed by atoms with E-state index in [0.29, 0.717) is 19.4 Å². The first-order valence-electron chi connectivity index (χ1n) is 14.4. The molecule has 0 aliphatic heterocycles. The molecule has 0 bridgehead atoms. The molecule has 4 rings (SSSR count). The summed E-state index contributed by atoms with van der Waals surface area (Å²) in [5, 5.41) is 15.1. The van der Waals surface area contributed by atoms with Crippen molar-refractivity contribution in [3.8, 4) is 11.1 Å². The third-order valence-corrected chi connectivity index (χ3v) is 7.85. The normalized spacial score (nSPS) is 13.9. The predicted molar refractivity (Wildman–Crippen MR) is 161 cm³/mol. The number of carboxylic acids is 1.